The summed E-state index contributed by atoms with van der Waals surface area (Å²) in [4.78, 5) is 14.4. The molecule has 33 heavy (non-hydrogen) atoms. The molecule has 180 valence electrons. The van der Waals surface area contributed by atoms with Crippen molar-refractivity contribution >= 4 is 35.5 Å². The van der Waals surface area contributed by atoms with Crippen molar-refractivity contribution in [2.24, 2.45) is 10.9 Å². The highest BCUT2D eigenvalue weighted by molar-refractivity contribution is 14.0. The second kappa shape index (κ2) is 12.6. The molecule has 3 heterocycles. The Kier molecular flexibility index (Phi) is 9.79. The lowest BCUT2D eigenvalue weighted by molar-refractivity contribution is 0.166. The maximum atomic E-state index is 5.76. The lowest BCUT2D eigenvalue weighted by atomic mass is 9.97. The molecule has 0 spiro atoms. The number of benzene rings is 1. The summed E-state index contributed by atoms with van der Waals surface area (Å²) in [6.45, 7) is 12.9. The van der Waals surface area contributed by atoms with E-state index in [0.717, 1.165) is 75.5 Å². The number of likely N-dealkylation sites (tertiary alicyclic amines) is 1. The topological polar surface area (TPSA) is 56.9 Å². The quantitative estimate of drug-likeness (QED) is 0.309. The van der Waals surface area contributed by atoms with Gasteiger partial charge in [0.2, 0.25) is 5.89 Å². The Bertz CT molecular complexity index is 912. The molecule has 0 saturated carbocycles. The number of hydrogen-bond acceptors (Lipinski definition) is 4. The number of oxazole rings is 1. The predicted octanol–water partition coefficient (Wildman–Crippen LogP) is 4.88. The summed E-state index contributed by atoms with van der Waals surface area (Å²) in [5.41, 5.74) is 3.79. The lowest BCUT2D eigenvalue weighted by Crippen LogP contribution is -2.44. The molecule has 4 rings (SSSR count). The number of aliphatic imine (C=N–C) groups is 1. The highest BCUT2D eigenvalue weighted by Crippen LogP contribution is 2.23. The molecule has 1 fully saturated rings. The zero-order valence-corrected chi connectivity index (χ0v) is 22.5. The van der Waals surface area contributed by atoms with Gasteiger partial charge in [0.05, 0.1) is 12.2 Å². The van der Waals surface area contributed by atoms with Gasteiger partial charge in [-0.3, -0.25) is 9.89 Å². The van der Waals surface area contributed by atoms with Crippen molar-refractivity contribution in [3.05, 3.63) is 59.3 Å². The minimum atomic E-state index is 0. The fourth-order valence-electron chi connectivity index (χ4n) is 4.54. The van der Waals surface area contributed by atoms with E-state index in [2.05, 4.69) is 63.4 Å². The molecule has 0 bridgehead atoms. The van der Waals surface area contributed by atoms with Crippen LogP contribution in [0.2, 0.25) is 0 Å². The van der Waals surface area contributed by atoms with Crippen LogP contribution in [0.3, 0.4) is 0 Å². The van der Waals surface area contributed by atoms with Crippen LogP contribution in [0.4, 0.5) is 0 Å². The summed E-state index contributed by atoms with van der Waals surface area (Å²) >= 11 is 0. The van der Waals surface area contributed by atoms with Crippen molar-refractivity contribution in [3.63, 3.8) is 0 Å². The lowest BCUT2D eigenvalue weighted by Gasteiger charge is -2.32. The van der Waals surface area contributed by atoms with Crippen LogP contribution >= 0.6 is 24.0 Å². The summed E-state index contributed by atoms with van der Waals surface area (Å²) in [6, 6.07) is 10.7. The molecule has 1 N–H and O–H groups in total. The molecule has 1 aromatic carbocycles. The molecule has 0 unspecified atom stereocenters. The fourth-order valence-corrected chi connectivity index (χ4v) is 4.54. The SMILES string of the molecule is CCNC(=NCC1CCN(Cc2nc(C)c(C)o2)CC1)N1CC=C(c2ccccc2)CC1.I. The van der Waals surface area contributed by atoms with E-state index < -0.39 is 0 Å². The normalized spacial score (nSPS) is 18.1. The van der Waals surface area contributed by atoms with Crippen LogP contribution in [0.1, 0.15) is 49.1 Å². The number of rotatable bonds is 6. The number of nitrogens with zero attached hydrogens (tertiary/aromatic N) is 4. The molecule has 1 aromatic heterocycles. The molecular formula is C26H38IN5O. The van der Waals surface area contributed by atoms with E-state index in [0.29, 0.717) is 5.92 Å². The first-order valence-electron chi connectivity index (χ1n) is 12.1. The molecule has 2 aliphatic heterocycles. The number of aromatic nitrogens is 1. The molecule has 1 saturated heterocycles. The predicted molar refractivity (Wildman–Crippen MR) is 146 cm³/mol. The number of aryl methyl sites for hydroxylation is 2. The van der Waals surface area contributed by atoms with E-state index in [1.807, 2.05) is 13.8 Å². The highest BCUT2D eigenvalue weighted by Gasteiger charge is 2.22. The third-order valence-electron chi connectivity index (χ3n) is 6.63. The molecule has 2 aromatic rings. The maximum absolute atomic E-state index is 5.76. The zero-order valence-electron chi connectivity index (χ0n) is 20.2. The first-order valence-corrected chi connectivity index (χ1v) is 12.1. The standard InChI is InChI=1S/C26H37N5O.HI/c1-4-27-26(31-16-12-24(13-17-31)23-8-6-5-7-9-23)28-18-22-10-14-30(15-11-22)19-25-29-20(2)21(3)32-25;/h5-9,12,22H,4,10-11,13-19H2,1-3H3,(H,27,28);1H. The van der Waals surface area contributed by atoms with Gasteiger partial charge in [-0.1, -0.05) is 36.4 Å². The van der Waals surface area contributed by atoms with Crippen LogP contribution < -0.4 is 5.32 Å². The number of hydrogen-bond donors (Lipinski definition) is 1. The minimum absolute atomic E-state index is 0. The maximum Gasteiger partial charge on any atom is 0.208 e. The largest absolute Gasteiger partial charge is 0.444 e. The van der Waals surface area contributed by atoms with Gasteiger partial charge < -0.3 is 14.6 Å². The van der Waals surface area contributed by atoms with Crippen molar-refractivity contribution < 1.29 is 4.42 Å². The minimum Gasteiger partial charge on any atom is -0.444 e. The van der Waals surface area contributed by atoms with E-state index in [4.69, 9.17) is 9.41 Å². The van der Waals surface area contributed by atoms with Crippen LogP contribution in [-0.2, 0) is 6.54 Å². The van der Waals surface area contributed by atoms with Crippen LogP contribution in [0, 0.1) is 19.8 Å². The van der Waals surface area contributed by atoms with Gasteiger partial charge in [0.15, 0.2) is 5.96 Å². The summed E-state index contributed by atoms with van der Waals surface area (Å²) in [5, 5.41) is 3.51. The Labute approximate surface area is 215 Å². The van der Waals surface area contributed by atoms with Gasteiger partial charge in [-0.2, -0.15) is 0 Å². The molecule has 0 atom stereocenters. The highest BCUT2D eigenvalue weighted by atomic mass is 127. The second-order valence-corrected chi connectivity index (χ2v) is 8.95. The van der Waals surface area contributed by atoms with Crippen LogP contribution in [0.5, 0.6) is 0 Å². The van der Waals surface area contributed by atoms with Gasteiger partial charge in [-0.05, 0) is 70.2 Å². The molecule has 6 nitrogen and oxygen atoms in total. The summed E-state index contributed by atoms with van der Waals surface area (Å²) < 4.78 is 5.76. The Morgan fingerprint density at radius 3 is 2.52 bits per heavy atom. The second-order valence-electron chi connectivity index (χ2n) is 8.95. The summed E-state index contributed by atoms with van der Waals surface area (Å²) in [6.07, 6.45) is 5.78. The summed E-state index contributed by atoms with van der Waals surface area (Å²) in [7, 11) is 0. The van der Waals surface area contributed by atoms with Crippen LogP contribution in [-0.4, -0.2) is 60.0 Å². The first kappa shape index (κ1) is 25.7. The van der Waals surface area contributed by atoms with Crippen LogP contribution in [0.25, 0.3) is 5.57 Å². The number of guanidine groups is 1. The van der Waals surface area contributed by atoms with E-state index in [9.17, 15) is 0 Å². The van der Waals surface area contributed by atoms with Gasteiger partial charge in [-0.25, -0.2) is 4.98 Å². The van der Waals surface area contributed by atoms with Gasteiger partial charge >= 0.3 is 0 Å². The summed E-state index contributed by atoms with van der Waals surface area (Å²) in [5.74, 6) is 3.49. The zero-order chi connectivity index (χ0) is 22.3. The van der Waals surface area contributed by atoms with Crippen molar-refractivity contribution in [2.45, 2.75) is 46.6 Å². The Balaban J connectivity index is 0.00000306. The van der Waals surface area contributed by atoms with E-state index in [1.54, 1.807) is 0 Å². The molecule has 2 aliphatic rings. The third-order valence-corrected chi connectivity index (χ3v) is 6.63. The van der Waals surface area contributed by atoms with E-state index >= 15 is 0 Å². The van der Waals surface area contributed by atoms with Gasteiger partial charge in [0.25, 0.3) is 0 Å². The fraction of sp³-hybridized carbons (Fsp3) is 0.538. The molecule has 0 radical (unpaired) electrons. The van der Waals surface area contributed by atoms with Crippen molar-refractivity contribution in [1.82, 2.24) is 20.1 Å². The first-order chi connectivity index (χ1) is 15.6. The Morgan fingerprint density at radius 1 is 1.15 bits per heavy atom. The number of nitrogens with one attached hydrogen (secondary N) is 1. The van der Waals surface area contributed by atoms with Crippen molar-refractivity contribution in [3.8, 4) is 0 Å². The molecular weight excluding hydrogens is 525 g/mol. The van der Waals surface area contributed by atoms with Gasteiger partial charge in [-0.15, -0.1) is 24.0 Å². The van der Waals surface area contributed by atoms with E-state index in [1.165, 1.54) is 24.0 Å². The molecule has 0 aliphatic carbocycles. The molecule has 0 amide bonds. The average Bonchev–Trinajstić information content (AvgIpc) is 3.15. The van der Waals surface area contributed by atoms with Crippen LogP contribution in [0.15, 0.2) is 45.8 Å². The van der Waals surface area contributed by atoms with E-state index in [-0.39, 0.29) is 24.0 Å². The third kappa shape index (κ3) is 7.06. The smallest absolute Gasteiger partial charge is 0.208 e. The van der Waals surface area contributed by atoms with Crippen molar-refractivity contribution in [1.29, 1.82) is 0 Å². The Morgan fingerprint density at radius 2 is 1.91 bits per heavy atom. The monoisotopic (exact) mass is 563 g/mol. The average molecular weight is 564 g/mol. The van der Waals surface area contributed by atoms with Gasteiger partial charge in [0, 0.05) is 26.2 Å². The van der Waals surface area contributed by atoms with Gasteiger partial charge in [0.1, 0.15) is 5.76 Å². The van der Waals surface area contributed by atoms with Crippen molar-refractivity contribution in [2.75, 3.05) is 39.3 Å². The number of halogens is 1. The molecule has 7 heteroatoms. The number of piperidine rings is 1. The Hall–Kier alpha value is -1.87.